The average Bonchev–Trinajstić information content (AvgIpc) is 2.87. The molecular weight excluding hydrogens is 258 g/mol. The van der Waals surface area contributed by atoms with E-state index in [0.29, 0.717) is 16.1 Å². The van der Waals surface area contributed by atoms with Crippen LogP contribution < -0.4 is 11.1 Å². The molecule has 3 N–H and O–H groups in total. The van der Waals surface area contributed by atoms with Crippen LogP contribution in [-0.4, -0.2) is 17.4 Å². The van der Waals surface area contributed by atoms with E-state index in [1.807, 2.05) is 24.4 Å². The second-order valence-corrected chi connectivity index (χ2v) is 4.68. The summed E-state index contributed by atoms with van der Waals surface area (Å²) in [4.78, 5) is 16.9. The molecule has 0 aliphatic rings. The number of carbonyl (C=O) groups excluding carboxylic acids is 1. The number of hydrogen-bond acceptors (Lipinski definition) is 4. The van der Waals surface area contributed by atoms with Gasteiger partial charge >= 0.3 is 0 Å². The highest BCUT2D eigenvalue weighted by atomic mass is 32.1. The lowest BCUT2D eigenvalue weighted by Crippen LogP contribution is -2.12. The predicted octanol–water partition coefficient (Wildman–Crippen LogP) is 2.01. The highest BCUT2D eigenvalue weighted by Crippen LogP contribution is 2.19. The van der Waals surface area contributed by atoms with Crippen molar-refractivity contribution in [2.24, 2.45) is 5.73 Å². The topological polar surface area (TPSA) is 68.0 Å². The normalized spacial score (nSPS) is 9.58. The minimum Gasteiger partial charge on any atom is -0.320 e. The first-order valence-electron chi connectivity index (χ1n) is 5.71. The number of pyridine rings is 1. The van der Waals surface area contributed by atoms with Crippen LogP contribution in [0.5, 0.6) is 0 Å². The molecule has 0 fully saturated rings. The lowest BCUT2D eigenvalue weighted by Gasteiger charge is -2.06. The van der Waals surface area contributed by atoms with Crippen molar-refractivity contribution in [1.82, 2.24) is 4.98 Å². The Morgan fingerprint density at radius 2 is 2.37 bits per heavy atom. The maximum absolute atomic E-state index is 12.2. The fourth-order valence-electron chi connectivity index (χ4n) is 1.53. The van der Waals surface area contributed by atoms with E-state index in [1.165, 1.54) is 11.3 Å². The van der Waals surface area contributed by atoms with Gasteiger partial charge in [0.1, 0.15) is 4.88 Å². The third-order valence-corrected chi connectivity index (χ3v) is 3.36. The summed E-state index contributed by atoms with van der Waals surface area (Å²) >= 11 is 1.36. The van der Waals surface area contributed by atoms with Crippen LogP contribution in [0.25, 0.3) is 0 Å². The molecule has 0 saturated carbocycles. The second-order valence-electron chi connectivity index (χ2n) is 3.76. The highest BCUT2D eigenvalue weighted by molar-refractivity contribution is 7.12. The van der Waals surface area contributed by atoms with Crippen molar-refractivity contribution >= 4 is 22.9 Å². The van der Waals surface area contributed by atoms with E-state index < -0.39 is 0 Å². The molecule has 19 heavy (non-hydrogen) atoms. The summed E-state index contributed by atoms with van der Waals surface area (Å²) in [6, 6.07) is 5.42. The maximum Gasteiger partial charge on any atom is 0.267 e. The number of nitrogens with one attached hydrogen (secondary N) is 1. The highest BCUT2D eigenvalue weighted by Gasteiger charge is 2.13. The van der Waals surface area contributed by atoms with Crippen LogP contribution in [-0.2, 0) is 0 Å². The van der Waals surface area contributed by atoms with Gasteiger partial charge in [0.15, 0.2) is 0 Å². The molecule has 1 amide bonds. The summed E-state index contributed by atoms with van der Waals surface area (Å²) in [5, 5.41) is 4.68. The fourth-order valence-corrected chi connectivity index (χ4v) is 2.27. The van der Waals surface area contributed by atoms with Crippen molar-refractivity contribution < 1.29 is 4.79 Å². The van der Waals surface area contributed by atoms with Gasteiger partial charge in [0.2, 0.25) is 0 Å². The van der Waals surface area contributed by atoms with Gasteiger partial charge in [-0.3, -0.25) is 9.78 Å². The van der Waals surface area contributed by atoms with E-state index in [-0.39, 0.29) is 12.5 Å². The molecule has 2 aromatic heterocycles. The summed E-state index contributed by atoms with van der Waals surface area (Å²) in [5.74, 6) is 5.47. The van der Waals surface area contributed by atoms with E-state index in [0.717, 1.165) is 5.69 Å². The monoisotopic (exact) mass is 271 g/mol. The number of aromatic nitrogens is 1. The molecule has 0 spiro atoms. The lowest BCUT2D eigenvalue weighted by molar-refractivity contribution is 0.103. The van der Waals surface area contributed by atoms with Gasteiger partial charge in [-0.2, -0.15) is 0 Å². The van der Waals surface area contributed by atoms with Crippen LogP contribution in [0.15, 0.2) is 29.8 Å². The Labute approximate surface area is 115 Å². The molecule has 96 valence electrons. The molecule has 4 nitrogen and oxygen atoms in total. The Hall–Kier alpha value is -2.16. The molecule has 0 radical (unpaired) electrons. The van der Waals surface area contributed by atoms with Crippen LogP contribution in [0.4, 0.5) is 5.69 Å². The van der Waals surface area contributed by atoms with Gasteiger partial charge in [-0.05, 0) is 30.5 Å². The maximum atomic E-state index is 12.2. The first kappa shape index (κ1) is 13.3. The zero-order valence-corrected chi connectivity index (χ0v) is 11.3. The van der Waals surface area contributed by atoms with Crippen molar-refractivity contribution in [2.45, 2.75) is 6.92 Å². The zero-order chi connectivity index (χ0) is 13.7. The number of aryl methyl sites for hydroxylation is 1. The molecule has 0 saturated heterocycles. The summed E-state index contributed by atoms with van der Waals surface area (Å²) < 4.78 is 0. The molecule has 2 rings (SSSR count). The lowest BCUT2D eigenvalue weighted by atomic mass is 10.2. The van der Waals surface area contributed by atoms with E-state index in [2.05, 4.69) is 22.1 Å². The first-order chi connectivity index (χ1) is 9.22. The van der Waals surface area contributed by atoms with Crippen molar-refractivity contribution in [1.29, 1.82) is 0 Å². The van der Waals surface area contributed by atoms with Crippen LogP contribution in [0.1, 0.15) is 20.9 Å². The molecule has 2 aromatic rings. The zero-order valence-electron chi connectivity index (χ0n) is 10.4. The van der Waals surface area contributed by atoms with Crippen LogP contribution in [0.2, 0.25) is 0 Å². The Kier molecular flexibility index (Phi) is 4.29. The Morgan fingerprint density at radius 3 is 3.11 bits per heavy atom. The number of nitrogens with two attached hydrogens (primary N) is 1. The molecule has 0 bridgehead atoms. The summed E-state index contributed by atoms with van der Waals surface area (Å²) in [7, 11) is 0. The van der Waals surface area contributed by atoms with E-state index in [1.54, 1.807) is 12.3 Å². The first-order valence-corrected chi connectivity index (χ1v) is 6.59. The Balaban J connectivity index is 2.22. The molecule has 0 unspecified atom stereocenters. The van der Waals surface area contributed by atoms with E-state index in [4.69, 9.17) is 5.73 Å². The summed E-state index contributed by atoms with van der Waals surface area (Å²) in [5.41, 5.74) is 7.53. The minimum absolute atomic E-state index is 0.174. The smallest absolute Gasteiger partial charge is 0.267 e. The molecule has 0 aliphatic heterocycles. The number of carbonyl (C=O) groups is 1. The average molecular weight is 271 g/mol. The largest absolute Gasteiger partial charge is 0.320 e. The fraction of sp³-hybridized carbons (Fsp3) is 0.143. The molecule has 2 heterocycles. The molecular formula is C14H13N3OS. The predicted molar refractivity (Wildman–Crippen MR) is 77.2 cm³/mol. The van der Waals surface area contributed by atoms with Crippen molar-refractivity contribution in [2.75, 3.05) is 11.9 Å². The van der Waals surface area contributed by atoms with Crippen LogP contribution in [0, 0.1) is 18.8 Å². The number of thiophene rings is 1. The van der Waals surface area contributed by atoms with Gasteiger partial charge in [-0.15, -0.1) is 11.3 Å². The standard InChI is InChI=1S/C14H13N3OS/c1-10-12(5-3-8-16-10)17-14(18)13-11(4-2-7-15)6-9-19-13/h3,5-6,8-9H,7,15H2,1H3,(H,17,18). The van der Waals surface area contributed by atoms with Gasteiger partial charge in [-0.1, -0.05) is 11.8 Å². The summed E-state index contributed by atoms with van der Waals surface area (Å²) in [6.45, 7) is 2.12. The van der Waals surface area contributed by atoms with E-state index in [9.17, 15) is 4.79 Å². The van der Waals surface area contributed by atoms with Crippen LogP contribution >= 0.6 is 11.3 Å². The quantitative estimate of drug-likeness (QED) is 0.821. The number of nitrogens with zero attached hydrogens (tertiary/aromatic N) is 1. The van der Waals surface area contributed by atoms with Gasteiger partial charge in [-0.25, -0.2) is 0 Å². The summed E-state index contributed by atoms with van der Waals surface area (Å²) in [6.07, 6.45) is 1.69. The van der Waals surface area contributed by atoms with Crippen molar-refractivity contribution in [3.05, 3.63) is 45.9 Å². The Morgan fingerprint density at radius 1 is 1.53 bits per heavy atom. The molecule has 0 aromatic carbocycles. The van der Waals surface area contributed by atoms with Gasteiger partial charge in [0.05, 0.1) is 17.9 Å². The molecule has 0 atom stereocenters. The molecule has 5 heteroatoms. The second kappa shape index (κ2) is 6.14. The number of amides is 1. The third-order valence-electron chi connectivity index (χ3n) is 2.45. The van der Waals surface area contributed by atoms with Crippen molar-refractivity contribution in [3.63, 3.8) is 0 Å². The third kappa shape index (κ3) is 3.19. The minimum atomic E-state index is -0.174. The van der Waals surface area contributed by atoms with Crippen LogP contribution in [0.3, 0.4) is 0 Å². The Bertz CT molecular complexity index is 652. The van der Waals surface area contributed by atoms with Gasteiger partial charge in [0.25, 0.3) is 5.91 Å². The number of anilines is 1. The van der Waals surface area contributed by atoms with Gasteiger partial charge < -0.3 is 11.1 Å². The van der Waals surface area contributed by atoms with Crippen molar-refractivity contribution in [3.8, 4) is 11.8 Å². The number of hydrogen-bond donors (Lipinski definition) is 2. The SMILES string of the molecule is Cc1ncccc1NC(=O)c1sccc1C#CCN. The molecule has 0 aliphatic carbocycles. The van der Waals surface area contributed by atoms with Gasteiger partial charge in [0, 0.05) is 11.8 Å². The number of rotatable bonds is 2. The van der Waals surface area contributed by atoms with E-state index >= 15 is 0 Å².